The molecule has 1 heterocycles. The van der Waals surface area contributed by atoms with Gasteiger partial charge in [0.1, 0.15) is 6.04 Å². The van der Waals surface area contributed by atoms with E-state index in [4.69, 9.17) is 10.4 Å². The Balaban J connectivity index is 2.10. The van der Waals surface area contributed by atoms with Crippen LogP contribution in [0.25, 0.3) is 6.08 Å². The molecule has 1 aliphatic rings. The van der Waals surface area contributed by atoms with Gasteiger partial charge in [-0.15, -0.1) is 0 Å². The summed E-state index contributed by atoms with van der Waals surface area (Å²) in [5.74, 6) is -1.26. The Hall–Kier alpha value is -2.61. The van der Waals surface area contributed by atoms with E-state index in [9.17, 15) is 9.59 Å². The molecule has 1 amide bonds. The molecule has 2 rings (SSSR count). The molecule has 1 aliphatic heterocycles. The van der Waals surface area contributed by atoms with Gasteiger partial charge in [-0.1, -0.05) is 12.1 Å². The number of amides is 1. The molecule has 0 spiro atoms. The van der Waals surface area contributed by atoms with Crippen LogP contribution in [0.15, 0.2) is 30.3 Å². The van der Waals surface area contributed by atoms with Crippen LogP contribution in [-0.2, 0) is 9.59 Å². The van der Waals surface area contributed by atoms with Crippen molar-refractivity contribution in [2.75, 3.05) is 6.54 Å². The van der Waals surface area contributed by atoms with Gasteiger partial charge < -0.3 is 10.0 Å². The van der Waals surface area contributed by atoms with Crippen molar-refractivity contribution in [3.63, 3.8) is 0 Å². The highest BCUT2D eigenvalue weighted by atomic mass is 16.4. The zero-order valence-corrected chi connectivity index (χ0v) is 11.5. The summed E-state index contributed by atoms with van der Waals surface area (Å²) in [6.07, 6.45) is 5.13. The summed E-state index contributed by atoms with van der Waals surface area (Å²) >= 11 is 0. The van der Waals surface area contributed by atoms with Crippen molar-refractivity contribution in [1.82, 2.24) is 4.90 Å². The Kier molecular flexibility index (Phi) is 4.72. The van der Waals surface area contributed by atoms with E-state index in [2.05, 4.69) is 0 Å². The number of carboxylic acids is 1. The zero-order valence-electron chi connectivity index (χ0n) is 11.5. The van der Waals surface area contributed by atoms with Gasteiger partial charge in [0.2, 0.25) is 5.91 Å². The molecule has 1 aromatic carbocycles. The van der Waals surface area contributed by atoms with Gasteiger partial charge in [-0.3, -0.25) is 4.79 Å². The SMILES string of the molecule is N#Cc1cccc(/C=C/C(=O)N2CCCCC2C(=O)O)c1. The second-order valence-corrected chi connectivity index (χ2v) is 4.95. The number of piperidine rings is 1. The van der Waals surface area contributed by atoms with Crippen LogP contribution in [0.4, 0.5) is 0 Å². The van der Waals surface area contributed by atoms with E-state index in [0.717, 1.165) is 18.4 Å². The molecular formula is C16H16N2O3. The summed E-state index contributed by atoms with van der Waals surface area (Å²) in [6.45, 7) is 0.471. The molecule has 108 valence electrons. The van der Waals surface area contributed by atoms with E-state index in [1.807, 2.05) is 6.07 Å². The van der Waals surface area contributed by atoms with Crippen LogP contribution in [0.1, 0.15) is 30.4 Å². The monoisotopic (exact) mass is 284 g/mol. The topological polar surface area (TPSA) is 81.4 Å². The van der Waals surface area contributed by atoms with Crippen LogP contribution in [0, 0.1) is 11.3 Å². The molecule has 0 radical (unpaired) electrons. The minimum atomic E-state index is -0.956. The Morgan fingerprint density at radius 2 is 2.19 bits per heavy atom. The number of benzene rings is 1. The number of carboxylic acid groups (broad SMARTS) is 1. The molecular weight excluding hydrogens is 268 g/mol. The summed E-state index contributed by atoms with van der Waals surface area (Å²) in [6, 6.07) is 8.19. The molecule has 1 N–H and O–H groups in total. The Bertz CT molecular complexity index is 616. The maximum atomic E-state index is 12.2. The van der Waals surface area contributed by atoms with Crippen molar-refractivity contribution in [2.45, 2.75) is 25.3 Å². The minimum Gasteiger partial charge on any atom is -0.480 e. The minimum absolute atomic E-state index is 0.301. The lowest BCUT2D eigenvalue weighted by Crippen LogP contribution is -2.47. The maximum Gasteiger partial charge on any atom is 0.326 e. The predicted octanol–water partition coefficient (Wildman–Crippen LogP) is 2.04. The van der Waals surface area contributed by atoms with Gasteiger partial charge >= 0.3 is 5.97 Å². The molecule has 21 heavy (non-hydrogen) atoms. The Morgan fingerprint density at radius 3 is 2.90 bits per heavy atom. The lowest BCUT2D eigenvalue weighted by atomic mass is 10.0. The van der Waals surface area contributed by atoms with Gasteiger partial charge in [0, 0.05) is 12.6 Å². The number of likely N-dealkylation sites (tertiary alicyclic amines) is 1. The first kappa shape index (κ1) is 14.8. The fourth-order valence-electron chi connectivity index (χ4n) is 2.43. The number of hydrogen-bond donors (Lipinski definition) is 1. The normalized spacial score (nSPS) is 18.4. The van der Waals surface area contributed by atoms with Crippen LogP contribution in [-0.4, -0.2) is 34.5 Å². The first-order valence-electron chi connectivity index (χ1n) is 6.83. The number of aliphatic carboxylic acids is 1. The predicted molar refractivity (Wildman–Crippen MR) is 77.2 cm³/mol. The van der Waals surface area contributed by atoms with Gasteiger partial charge in [-0.25, -0.2) is 4.79 Å². The third kappa shape index (κ3) is 3.69. The molecule has 0 aliphatic carbocycles. The molecule has 1 atom stereocenters. The number of rotatable bonds is 3. The second-order valence-electron chi connectivity index (χ2n) is 4.95. The maximum absolute atomic E-state index is 12.2. The molecule has 0 bridgehead atoms. The third-order valence-corrected chi connectivity index (χ3v) is 3.51. The van der Waals surface area contributed by atoms with Crippen molar-refractivity contribution < 1.29 is 14.7 Å². The van der Waals surface area contributed by atoms with E-state index in [-0.39, 0.29) is 5.91 Å². The summed E-state index contributed by atoms with van der Waals surface area (Å²) in [4.78, 5) is 24.7. The van der Waals surface area contributed by atoms with Gasteiger partial charge in [-0.2, -0.15) is 5.26 Å². The standard InChI is InChI=1S/C16H16N2O3/c17-11-13-5-3-4-12(10-13)7-8-15(19)18-9-2-1-6-14(18)16(20)21/h3-5,7-8,10,14H,1-2,6,9H2,(H,20,21)/b8-7+. The van der Waals surface area contributed by atoms with E-state index in [1.54, 1.807) is 30.3 Å². The van der Waals surface area contributed by atoms with E-state index < -0.39 is 12.0 Å². The van der Waals surface area contributed by atoms with Crippen LogP contribution in [0.2, 0.25) is 0 Å². The zero-order chi connectivity index (χ0) is 15.2. The highest BCUT2D eigenvalue weighted by Gasteiger charge is 2.30. The Morgan fingerprint density at radius 1 is 1.38 bits per heavy atom. The summed E-state index contributed by atoms with van der Waals surface area (Å²) < 4.78 is 0. The van der Waals surface area contributed by atoms with E-state index in [1.165, 1.54) is 11.0 Å². The number of carbonyl (C=O) groups is 2. The van der Waals surface area contributed by atoms with E-state index in [0.29, 0.717) is 18.5 Å². The molecule has 5 nitrogen and oxygen atoms in total. The number of nitriles is 1. The van der Waals surface area contributed by atoms with Crippen molar-refractivity contribution in [1.29, 1.82) is 5.26 Å². The summed E-state index contributed by atoms with van der Waals surface area (Å²) in [7, 11) is 0. The largest absolute Gasteiger partial charge is 0.480 e. The molecule has 0 saturated carbocycles. The summed E-state index contributed by atoms with van der Waals surface area (Å²) in [5, 5.41) is 18.0. The number of nitrogens with zero attached hydrogens (tertiary/aromatic N) is 2. The van der Waals surface area contributed by atoms with Crippen molar-refractivity contribution in [2.24, 2.45) is 0 Å². The van der Waals surface area contributed by atoms with Crippen LogP contribution in [0.3, 0.4) is 0 Å². The highest BCUT2D eigenvalue weighted by Crippen LogP contribution is 2.18. The van der Waals surface area contributed by atoms with Crippen LogP contribution >= 0.6 is 0 Å². The van der Waals surface area contributed by atoms with Crippen LogP contribution in [0.5, 0.6) is 0 Å². The van der Waals surface area contributed by atoms with Crippen molar-refractivity contribution in [3.8, 4) is 6.07 Å². The number of hydrogen-bond acceptors (Lipinski definition) is 3. The van der Waals surface area contributed by atoms with Crippen LogP contribution < -0.4 is 0 Å². The van der Waals surface area contributed by atoms with E-state index >= 15 is 0 Å². The molecule has 1 saturated heterocycles. The van der Waals surface area contributed by atoms with Crippen molar-refractivity contribution >= 4 is 18.0 Å². The fourth-order valence-corrected chi connectivity index (χ4v) is 2.43. The third-order valence-electron chi connectivity index (χ3n) is 3.51. The molecule has 5 heteroatoms. The quantitative estimate of drug-likeness (QED) is 0.861. The van der Waals surface area contributed by atoms with Gasteiger partial charge in [0.05, 0.1) is 11.6 Å². The first-order valence-corrected chi connectivity index (χ1v) is 6.83. The lowest BCUT2D eigenvalue weighted by molar-refractivity contribution is -0.150. The average Bonchev–Trinajstić information content (AvgIpc) is 2.52. The molecule has 1 fully saturated rings. The molecule has 1 aromatic rings. The highest BCUT2D eigenvalue weighted by molar-refractivity contribution is 5.94. The second kappa shape index (κ2) is 6.71. The fraction of sp³-hybridized carbons (Fsp3) is 0.312. The average molecular weight is 284 g/mol. The van der Waals surface area contributed by atoms with Gasteiger partial charge in [0.15, 0.2) is 0 Å². The number of carbonyl (C=O) groups excluding carboxylic acids is 1. The lowest BCUT2D eigenvalue weighted by Gasteiger charge is -2.32. The van der Waals surface area contributed by atoms with Gasteiger partial charge in [-0.05, 0) is 43.0 Å². The summed E-state index contributed by atoms with van der Waals surface area (Å²) in [5.41, 5.74) is 1.26. The Labute approximate surface area is 123 Å². The van der Waals surface area contributed by atoms with Crippen molar-refractivity contribution in [3.05, 3.63) is 41.5 Å². The molecule has 1 unspecified atom stereocenters. The first-order chi connectivity index (χ1) is 10.1. The smallest absolute Gasteiger partial charge is 0.326 e. The molecule has 0 aromatic heterocycles. The van der Waals surface area contributed by atoms with Gasteiger partial charge in [0.25, 0.3) is 0 Å².